The molecule has 0 unspecified atom stereocenters. The molecular formula is C12H15F2NO2. The molecule has 17 heavy (non-hydrogen) atoms. The average molecular weight is 243 g/mol. The fourth-order valence-electron chi connectivity index (χ4n) is 2.00. The minimum atomic E-state index is -2.86. The van der Waals surface area contributed by atoms with Gasteiger partial charge in [0.15, 0.2) is 11.5 Å². The summed E-state index contributed by atoms with van der Waals surface area (Å²) in [5.74, 6) is 0.346. The normalized spacial score (nSPS) is 16.4. The quantitative estimate of drug-likeness (QED) is 0.826. The van der Waals surface area contributed by atoms with Gasteiger partial charge in [0.1, 0.15) is 0 Å². The van der Waals surface area contributed by atoms with E-state index in [0.29, 0.717) is 11.4 Å². The maximum atomic E-state index is 12.2. The van der Waals surface area contributed by atoms with Crippen LogP contribution in [0.15, 0.2) is 18.2 Å². The highest BCUT2D eigenvalue weighted by Gasteiger charge is 2.19. The van der Waals surface area contributed by atoms with Gasteiger partial charge in [-0.1, -0.05) is 0 Å². The smallest absolute Gasteiger partial charge is 0.387 e. The maximum Gasteiger partial charge on any atom is 0.387 e. The van der Waals surface area contributed by atoms with Crippen molar-refractivity contribution in [1.29, 1.82) is 0 Å². The van der Waals surface area contributed by atoms with Gasteiger partial charge in [-0.15, -0.1) is 0 Å². The first-order valence-electron chi connectivity index (χ1n) is 5.66. The Balaban J connectivity index is 2.13. The Morgan fingerprint density at radius 2 is 1.88 bits per heavy atom. The first-order valence-corrected chi connectivity index (χ1v) is 5.66. The Bertz CT molecular complexity index is 379. The van der Waals surface area contributed by atoms with Gasteiger partial charge >= 0.3 is 6.61 Å². The van der Waals surface area contributed by atoms with Crippen molar-refractivity contribution < 1.29 is 18.3 Å². The van der Waals surface area contributed by atoms with E-state index in [1.807, 2.05) is 0 Å². The Morgan fingerprint density at radius 1 is 1.18 bits per heavy atom. The van der Waals surface area contributed by atoms with Crippen LogP contribution in [0.5, 0.6) is 11.5 Å². The third-order valence-electron chi connectivity index (χ3n) is 2.78. The molecule has 0 aromatic heterocycles. The van der Waals surface area contributed by atoms with Gasteiger partial charge in [0.05, 0.1) is 6.10 Å². The van der Waals surface area contributed by atoms with Crippen LogP contribution in [-0.4, -0.2) is 12.7 Å². The van der Waals surface area contributed by atoms with Crippen LogP contribution in [0.4, 0.5) is 14.5 Å². The summed E-state index contributed by atoms with van der Waals surface area (Å²) in [6.07, 6.45) is 4.19. The number of nitrogen functional groups attached to an aromatic ring is 1. The van der Waals surface area contributed by atoms with E-state index in [1.165, 1.54) is 18.2 Å². The summed E-state index contributed by atoms with van der Waals surface area (Å²) in [7, 11) is 0. The van der Waals surface area contributed by atoms with E-state index >= 15 is 0 Å². The first kappa shape index (κ1) is 12.0. The van der Waals surface area contributed by atoms with Crippen molar-refractivity contribution in [3.05, 3.63) is 18.2 Å². The standard InChI is InChI=1S/C12H15F2NO2/c13-12(14)17-10-6-5-8(15)7-11(10)16-9-3-1-2-4-9/h5-7,9,12H,1-4,15H2. The molecule has 0 spiro atoms. The molecule has 1 fully saturated rings. The van der Waals surface area contributed by atoms with Crippen LogP contribution in [0.1, 0.15) is 25.7 Å². The van der Waals surface area contributed by atoms with Crippen LogP contribution in [0.3, 0.4) is 0 Å². The number of ether oxygens (including phenoxy) is 2. The van der Waals surface area contributed by atoms with Gasteiger partial charge in [-0.05, 0) is 37.8 Å². The number of benzene rings is 1. The molecule has 0 heterocycles. The Hall–Kier alpha value is -1.52. The topological polar surface area (TPSA) is 44.5 Å². The number of anilines is 1. The molecule has 1 aliphatic rings. The summed E-state index contributed by atoms with van der Waals surface area (Å²) in [5, 5.41) is 0. The highest BCUT2D eigenvalue weighted by atomic mass is 19.3. The predicted octanol–water partition coefficient (Wildman–Crippen LogP) is 3.19. The summed E-state index contributed by atoms with van der Waals surface area (Å²) < 4.78 is 34.5. The Kier molecular flexibility index (Phi) is 3.66. The molecule has 1 aromatic carbocycles. The number of halogens is 2. The molecule has 1 aliphatic carbocycles. The monoisotopic (exact) mass is 243 g/mol. The fraction of sp³-hybridized carbons (Fsp3) is 0.500. The molecule has 3 nitrogen and oxygen atoms in total. The van der Waals surface area contributed by atoms with Gasteiger partial charge < -0.3 is 15.2 Å². The molecule has 0 bridgehead atoms. The first-order chi connectivity index (χ1) is 8.15. The average Bonchev–Trinajstić information content (AvgIpc) is 2.74. The van der Waals surface area contributed by atoms with Gasteiger partial charge in [0.2, 0.25) is 0 Å². The number of rotatable bonds is 4. The Morgan fingerprint density at radius 3 is 2.53 bits per heavy atom. The van der Waals surface area contributed by atoms with Gasteiger partial charge in [0.25, 0.3) is 0 Å². The molecule has 0 aliphatic heterocycles. The lowest BCUT2D eigenvalue weighted by Crippen LogP contribution is -2.13. The lowest BCUT2D eigenvalue weighted by atomic mass is 10.2. The zero-order valence-electron chi connectivity index (χ0n) is 9.36. The maximum absolute atomic E-state index is 12.2. The second-order valence-corrected chi connectivity index (χ2v) is 4.11. The van der Waals surface area contributed by atoms with Crippen LogP contribution < -0.4 is 15.2 Å². The molecule has 0 saturated heterocycles. The molecule has 1 saturated carbocycles. The van der Waals surface area contributed by atoms with Crippen LogP contribution >= 0.6 is 0 Å². The molecule has 2 N–H and O–H groups in total. The van der Waals surface area contributed by atoms with Crippen molar-refractivity contribution >= 4 is 5.69 Å². The molecule has 1 aromatic rings. The molecule has 2 rings (SSSR count). The number of hydrogen-bond acceptors (Lipinski definition) is 3. The molecule has 94 valence electrons. The van der Waals surface area contributed by atoms with Crippen LogP contribution in [0, 0.1) is 0 Å². The van der Waals surface area contributed by atoms with Crippen molar-refractivity contribution in [1.82, 2.24) is 0 Å². The highest BCUT2D eigenvalue weighted by molar-refractivity contribution is 5.52. The number of nitrogens with two attached hydrogens (primary N) is 1. The second-order valence-electron chi connectivity index (χ2n) is 4.11. The van der Waals surface area contributed by atoms with E-state index in [4.69, 9.17) is 10.5 Å². The van der Waals surface area contributed by atoms with Crippen molar-refractivity contribution in [2.45, 2.75) is 38.4 Å². The molecule has 0 amide bonds. The summed E-state index contributed by atoms with van der Waals surface area (Å²) in [6, 6.07) is 4.45. The van der Waals surface area contributed by atoms with E-state index in [1.54, 1.807) is 0 Å². The SMILES string of the molecule is Nc1ccc(OC(F)F)c(OC2CCCC2)c1. The van der Waals surface area contributed by atoms with Crippen molar-refractivity contribution in [2.75, 3.05) is 5.73 Å². The molecule has 5 heteroatoms. The van der Waals surface area contributed by atoms with Crippen molar-refractivity contribution in [3.8, 4) is 11.5 Å². The lowest BCUT2D eigenvalue weighted by molar-refractivity contribution is -0.0520. The highest BCUT2D eigenvalue weighted by Crippen LogP contribution is 2.34. The lowest BCUT2D eigenvalue weighted by Gasteiger charge is -2.17. The third kappa shape index (κ3) is 3.22. The van der Waals surface area contributed by atoms with Gasteiger partial charge in [0, 0.05) is 11.8 Å². The van der Waals surface area contributed by atoms with Crippen molar-refractivity contribution in [3.63, 3.8) is 0 Å². The number of alkyl halides is 2. The minimum Gasteiger partial charge on any atom is -0.486 e. The zero-order chi connectivity index (χ0) is 12.3. The van der Waals surface area contributed by atoms with Gasteiger partial charge in [-0.2, -0.15) is 8.78 Å². The zero-order valence-corrected chi connectivity index (χ0v) is 9.36. The molecule has 0 atom stereocenters. The number of hydrogen-bond donors (Lipinski definition) is 1. The van der Waals surface area contributed by atoms with Gasteiger partial charge in [-0.3, -0.25) is 0 Å². The second kappa shape index (κ2) is 5.21. The van der Waals surface area contributed by atoms with E-state index in [2.05, 4.69) is 4.74 Å². The van der Waals surface area contributed by atoms with Gasteiger partial charge in [-0.25, -0.2) is 0 Å². The van der Waals surface area contributed by atoms with E-state index in [0.717, 1.165) is 25.7 Å². The van der Waals surface area contributed by atoms with E-state index in [9.17, 15) is 8.78 Å². The van der Waals surface area contributed by atoms with E-state index in [-0.39, 0.29) is 11.9 Å². The predicted molar refractivity (Wildman–Crippen MR) is 60.4 cm³/mol. The summed E-state index contributed by atoms with van der Waals surface area (Å²) in [5.41, 5.74) is 6.08. The summed E-state index contributed by atoms with van der Waals surface area (Å²) in [6.45, 7) is -2.86. The van der Waals surface area contributed by atoms with Crippen LogP contribution in [0.25, 0.3) is 0 Å². The summed E-state index contributed by atoms with van der Waals surface area (Å²) in [4.78, 5) is 0. The third-order valence-corrected chi connectivity index (χ3v) is 2.78. The molecule has 0 radical (unpaired) electrons. The van der Waals surface area contributed by atoms with Crippen LogP contribution in [-0.2, 0) is 0 Å². The summed E-state index contributed by atoms with van der Waals surface area (Å²) >= 11 is 0. The van der Waals surface area contributed by atoms with Crippen LogP contribution in [0.2, 0.25) is 0 Å². The Labute approximate surface area is 98.5 Å². The van der Waals surface area contributed by atoms with E-state index < -0.39 is 6.61 Å². The van der Waals surface area contributed by atoms with Crippen molar-refractivity contribution in [2.24, 2.45) is 0 Å². The minimum absolute atomic E-state index is 0.0427. The largest absolute Gasteiger partial charge is 0.486 e. The molecular weight excluding hydrogens is 228 g/mol. The fourth-order valence-corrected chi connectivity index (χ4v) is 2.00.